The number of aromatic nitrogens is 2. The van der Waals surface area contributed by atoms with Crippen LogP contribution in [0.2, 0.25) is 0 Å². The van der Waals surface area contributed by atoms with Crippen molar-refractivity contribution >= 4 is 16.6 Å². The number of fused-ring (bicyclic) bond motifs is 1. The van der Waals surface area contributed by atoms with Crippen LogP contribution in [-0.4, -0.2) is 84.4 Å². The van der Waals surface area contributed by atoms with E-state index in [1.54, 1.807) is 0 Å². The highest BCUT2D eigenvalue weighted by atomic mass is 16.5. The SMILES string of the molecule is Cc1cc2c(cc(CCCN3CCOCC3)n2C)c(-c2ccc(N3CCN(C(C)C)CC3)cc2)n1. The summed E-state index contributed by atoms with van der Waals surface area (Å²) in [6, 6.07) is 14.3. The fourth-order valence-corrected chi connectivity index (χ4v) is 5.60. The molecule has 2 aliphatic heterocycles. The van der Waals surface area contributed by atoms with Crippen LogP contribution in [0.15, 0.2) is 36.4 Å². The Balaban J connectivity index is 1.32. The zero-order valence-corrected chi connectivity index (χ0v) is 22.0. The fourth-order valence-electron chi connectivity index (χ4n) is 5.60. The second-order valence-electron chi connectivity index (χ2n) is 10.5. The first kappa shape index (κ1) is 24.3. The summed E-state index contributed by atoms with van der Waals surface area (Å²) in [6.07, 6.45) is 2.26. The molecule has 0 bridgehead atoms. The van der Waals surface area contributed by atoms with Crippen molar-refractivity contribution in [1.82, 2.24) is 19.4 Å². The van der Waals surface area contributed by atoms with Crippen LogP contribution >= 0.6 is 0 Å². The van der Waals surface area contributed by atoms with Crippen molar-refractivity contribution in [2.45, 2.75) is 39.7 Å². The number of aryl methyl sites for hydroxylation is 3. The highest BCUT2D eigenvalue weighted by molar-refractivity contribution is 5.94. The molecule has 0 radical (unpaired) electrons. The van der Waals surface area contributed by atoms with E-state index in [1.807, 2.05) is 0 Å². The van der Waals surface area contributed by atoms with Gasteiger partial charge in [0, 0.05) is 80.4 Å². The van der Waals surface area contributed by atoms with E-state index in [2.05, 4.69) is 83.5 Å². The Hall–Kier alpha value is -2.41. The number of rotatable bonds is 7. The minimum Gasteiger partial charge on any atom is -0.379 e. The Morgan fingerprint density at radius 3 is 2.34 bits per heavy atom. The molecule has 0 atom stereocenters. The standard InChI is InChI=1S/C29H41N5O/c1-22(2)33-12-14-34(15-13-33)25-9-7-24(8-10-25)29-27-21-26(31(4)28(27)20-23(3)30-29)6-5-11-32-16-18-35-19-17-32/h7-10,20-22H,5-6,11-19H2,1-4H3. The van der Waals surface area contributed by atoms with E-state index in [0.717, 1.165) is 76.8 Å². The van der Waals surface area contributed by atoms with Crippen molar-refractivity contribution in [3.05, 3.63) is 47.8 Å². The summed E-state index contributed by atoms with van der Waals surface area (Å²) < 4.78 is 7.86. The van der Waals surface area contributed by atoms with Gasteiger partial charge in [0.1, 0.15) is 0 Å². The lowest BCUT2D eigenvalue weighted by molar-refractivity contribution is 0.0374. The van der Waals surface area contributed by atoms with Gasteiger partial charge in [-0.3, -0.25) is 14.8 Å². The summed E-state index contributed by atoms with van der Waals surface area (Å²) >= 11 is 0. The molecule has 2 saturated heterocycles. The number of hydrogen-bond donors (Lipinski definition) is 0. The molecule has 2 aliphatic rings. The number of benzene rings is 1. The van der Waals surface area contributed by atoms with E-state index >= 15 is 0 Å². The number of nitrogens with zero attached hydrogens (tertiary/aromatic N) is 5. The van der Waals surface area contributed by atoms with Crippen molar-refractivity contribution in [3.63, 3.8) is 0 Å². The lowest BCUT2D eigenvalue weighted by Crippen LogP contribution is -2.48. The first-order valence-corrected chi connectivity index (χ1v) is 13.3. The Kier molecular flexibility index (Phi) is 7.42. The number of morpholine rings is 1. The predicted molar refractivity (Wildman–Crippen MR) is 145 cm³/mol. The smallest absolute Gasteiger partial charge is 0.0799 e. The number of hydrogen-bond acceptors (Lipinski definition) is 5. The minimum atomic E-state index is 0.629. The third-order valence-electron chi connectivity index (χ3n) is 7.83. The van der Waals surface area contributed by atoms with Crippen LogP contribution in [0.1, 0.15) is 31.7 Å². The second kappa shape index (κ2) is 10.7. The summed E-state index contributed by atoms with van der Waals surface area (Å²) in [5, 5.41) is 1.26. The molecular formula is C29H41N5O. The molecule has 1 aromatic carbocycles. The van der Waals surface area contributed by atoms with Crippen LogP contribution in [0.5, 0.6) is 0 Å². The summed E-state index contributed by atoms with van der Waals surface area (Å²) in [4.78, 5) is 12.6. The molecule has 6 heteroatoms. The Bertz CT molecular complexity index is 1120. The quantitative estimate of drug-likeness (QED) is 0.508. The van der Waals surface area contributed by atoms with Crippen molar-refractivity contribution < 1.29 is 4.74 Å². The highest BCUT2D eigenvalue weighted by Crippen LogP contribution is 2.32. The second-order valence-corrected chi connectivity index (χ2v) is 10.5. The van der Waals surface area contributed by atoms with Gasteiger partial charge in [-0.1, -0.05) is 12.1 Å². The maximum atomic E-state index is 5.49. The first-order chi connectivity index (χ1) is 17.0. The van der Waals surface area contributed by atoms with Gasteiger partial charge in [0.25, 0.3) is 0 Å². The minimum absolute atomic E-state index is 0.629. The van der Waals surface area contributed by atoms with Crippen LogP contribution in [0, 0.1) is 6.92 Å². The Labute approximate surface area is 210 Å². The van der Waals surface area contributed by atoms with Gasteiger partial charge >= 0.3 is 0 Å². The maximum absolute atomic E-state index is 5.49. The monoisotopic (exact) mass is 475 g/mol. The number of anilines is 1. The Morgan fingerprint density at radius 2 is 1.66 bits per heavy atom. The summed E-state index contributed by atoms with van der Waals surface area (Å²) in [5.74, 6) is 0. The largest absolute Gasteiger partial charge is 0.379 e. The molecule has 2 fully saturated rings. The zero-order chi connectivity index (χ0) is 24.4. The van der Waals surface area contributed by atoms with Gasteiger partial charge in [0.05, 0.1) is 24.4 Å². The first-order valence-electron chi connectivity index (χ1n) is 13.3. The lowest BCUT2D eigenvalue weighted by Gasteiger charge is -2.38. The molecule has 3 aromatic rings. The van der Waals surface area contributed by atoms with Crippen molar-refractivity contribution in [1.29, 1.82) is 0 Å². The van der Waals surface area contributed by atoms with Gasteiger partial charge in [-0.2, -0.15) is 0 Å². The van der Waals surface area contributed by atoms with Gasteiger partial charge in [0.15, 0.2) is 0 Å². The summed E-state index contributed by atoms with van der Waals surface area (Å²) in [5.41, 5.74) is 7.37. The molecule has 4 heterocycles. The lowest BCUT2D eigenvalue weighted by atomic mass is 10.1. The maximum Gasteiger partial charge on any atom is 0.0799 e. The van der Waals surface area contributed by atoms with Gasteiger partial charge < -0.3 is 14.2 Å². The molecule has 0 saturated carbocycles. The van der Waals surface area contributed by atoms with Gasteiger partial charge in [-0.15, -0.1) is 0 Å². The van der Waals surface area contributed by atoms with Gasteiger partial charge in [-0.25, -0.2) is 0 Å². The van der Waals surface area contributed by atoms with Crippen LogP contribution in [0.4, 0.5) is 5.69 Å². The average Bonchev–Trinajstić information content (AvgIpc) is 3.19. The van der Waals surface area contributed by atoms with Crippen molar-refractivity contribution in [3.8, 4) is 11.3 Å². The molecule has 0 unspecified atom stereocenters. The van der Waals surface area contributed by atoms with Crippen LogP contribution < -0.4 is 4.90 Å². The van der Waals surface area contributed by atoms with E-state index < -0.39 is 0 Å². The van der Waals surface area contributed by atoms with Crippen molar-refractivity contribution in [2.24, 2.45) is 7.05 Å². The molecule has 0 aliphatic carbocycles. The summed E-state index contributed by atoms with van der Waals surface area (Å²) in [6.45, 7) is 16.2. The van der Waals surface area contributed by atoms with E-state index in [1.165, 1.54) is 34.3 Å². The molecule has 188 valence electrons. The molecule has 0 spiro atoms. The summed E-state index contributed by atoms with van der Waals surface area (Å²) in [7, 11) is 2.20. The van der Waals surface area contributed by atoms with Crippen LogP contribution in [0.25, 0.3) is 22.2 Å². The third kappa shape index (κ3) is 5.40. The average molecular weight is 476 g/mol. The van der Waals surface area contributed by atoms with Crippen LogP contribution in [0.3, 0.4) is 0 Å². The van der Waals surface area contributed by atoms with E-state index in [-0.39, 0.29) is 0 Å². The van der Waals surface area contributed by atoms with Gasteiger partial charge in [0.2, 0.25) is 0 Å². The highest BCUT2D eigenvalue weighted by Gasteiger charge is 2.20. The molecule has 35 heavy (non-hydrogen) atoms. The Morgan fingerprint density at radius 1 is 0.943 bits per heavy atom. The normalized spacial score (nSPS) is 18.1. The number of piperazine rings is 1. The molecule has 0 N–H and O–H groups in total. The third-order valence-corrected chi connectivity index (χ3v) is 7.83. The van der Waals surface area contributed by atoms with Crippen LogP contribution in [-0.2, 0) is 18.2 Å². The number of ether oxygens (including phenoxy) is 1. The molecular weight excluding hydrogens is 434 g/mol. The van der Waals surface area contributed by atoms with Gasteiger partial charge in [-0.05, 0) is 64.4 Å². The molecule has 6 nitrogen and oxygen atoms in total. The predicted octanol–water partition coefficient (Wildman–Crippen LogP) is 4.34. The molecule has 2 aromatic heterocycles. The molecule has 5 rings (SSSR count). The van der Waals surface area contributed by atoms with E-state index in [0.29, 0.717) is 6.04 Å². The topological polar surface area (TPSA) is 36.8 Å². The fraction of sp³-hybridized carbons (Fsp3) is 0.552. The molecule has 0 amide bonds. The van der Waals surface area contributed by atoms with E-state index in [4.69, 9.17) is 9.72 Å². The zero-order valence-electron chi connectivity index (χ0n) is 22.0. The van der Waals surface area contributed by atoms with Crippen molar-refractivity contribution in [2.75, 3.05) is 63.9 Å². The number of pyridine rings is 1. The van der Waals surface area contributed by atoms with E-state index in [9.17, 15) is 0 Å².